The lowest BCUT2D eigenvalue weighted by molar-refractivity contribution is 0.225. The molecule has 1 aliphatic carbocycles. The number of rotatable bonds is 4. The SMILES string of the molecule is C1=CC2c3cccc(-c4nc(-c5ccccc5)nc(-c5cccc6oc7ccccc7c56)n4)c3OC2c2c1n(-c1ccccc1)c1ccccc21. The molecule has 0 fully saturated rings. The van der Waals surface area contributed by atoms with Crippen molar-refractivity contribution in [2.45, 2.75) is 12.0 Å². The van der Waals surface area contributed by atoms with Crippen molar-refractivity contribution >= 4 is 38.9 Å². The van der Waals surface area contributed by atoms with Gasteiger partial charge in [-0.2, -0.15) is 0 Å². The summed E-state index contributed by atoms with van der Waals surface area (Å²) in [4.78, 5) is 15.4. The van der Waals surface area contributed by atoms with Gasteiger partial charge in [0.15, 0.2) is 17.5 Å². The third-order valence-electron chi connectivity index (χ3n) is 10.2. The van der Waals surface area contributed by atoms with Gasteiger partial charge in [-0.1, -0.05) is 115 Å². The number of ether oxygens (including phenoxy) is 1. The van der Waals surface area contributed by atoms with E-state index in [4.69, 9.17) is 24.1 Å². The average molecular weight is 657 g/mol. The number of fused-ring (bicyclic) bond motifs is 10. The summed E-state index contributed by atoms with van der Waals surface area (Å²) in [6.45, 7) is 0. The van der Waals surface area contributed by atoms with Crippen molar-refractivity contribution in [1.29, 1.82) is 0 Å². The molecule has 6 aromatic carbocycles. The number of aromatic nitrogens is 4. The maximum Gasteiger partial charge on any atom is 0.167 e. The van der Waals surface area contributed by atoms with E-state index in [-0.39, 0.29) is 12.0 Å². The summed E-state index contributed by atoms with van der Waals surface area (Å²) in [6.07, 6.45) is 4.36. The van der Waals surface area contributed by atoms with Gasteiger partial charge in [-0.25, -0.2) is 15.0 Å². The summed E-state index contributed by atoms with van der Waals surface area (Å²) >= 11 is 0. The van der Waals surface area contributed by atoms with Crippen molar-refractivity contribution in [2.24, 2.45) is 0 Å². The van der Waals surface area contributed by atoms with Crippen LogP contribution in [0, 0.1) is 0 Å². The third kappa shape index (κ3) is 4.20. The lowest BCUT2D eigenvalue weighted by Gasteiger charge is -2.22. The highest BCUT2D eigenvalue weighted by atomic mass is 16.5. The summed E-state index contributed by atoms with van der Waals surface area (Å²) in [5, 5.41) is 3.20. The molecule has 2 unspecified atom stereocenters. The fourth-order valence-corrected chi connectivity index (χ4v) is 8.02. The van der Waals surface area contributed by atoms with Crippen LogP contribution in [0.1, 0.15) is 28.8 Å². The Morgan fingerprint density at radius 2 is 1.22 bits per heavy atom. The van der Waals surface area contributed by atoms with Crippen molar-refractivity contribution in [3.05, 3.63) is 168 Å². The van der Waals surface area contributed by atoms with Crippen LogP contribution in [-0.4, -0.2) is 19.5 Å². The molecule has 6 nitrogen and oxygen atoms in total. The van der Waals surface area contributed by atoms with Crippen LogP contribution in [-0.2, 0) is 0 Å². The van der Waals surface area contributed by atoms with E-state index in [9.17, 15) is 0 Å². The monoisotopic (exact) mass is 656 g/mol. The number of nitrogens with zero attached hydrogens (tertiary/aromatic N) is 4. The Labute approximate surface area is 293 Å². The molecule has 0 saturated carbocycles. The molecule has 0 spiro atoms. The maximum absolute atomic E-state index is 7.11. The van der Waals surface area contributed by atoms with Crippen LogP contribution in [0.4, 0.5) is 0 Å². The van der Waals surface area contributed by atoms with E-state index < -0.39 is 0 Å². The van der Waals surface area contributed by atoms with Gasteiger partial charge >= 0.3 is 0 Å². The highest BCUT2D eigenvalue weighted by Gasteiger charge is 2.41. The van der Waals surface area contributed by atoms with Gasteiger partial charge in [0.25, 0.3) is 0 Å². The van der Waals surface area contributed by atoms with Gasteiger partial charge in [0.1, 0.15) is 23.0 Å². The topological polar surface area (TPSA) is 66.0 Å². The predicted octanol–water partition coefficient (Wildman–Crippen LogP) is 11.0. The lowest BCUT2D eigenvalue weighted by atomic mass is 9.85. The molecular weight excluding hydrogens is 629 g/mol. The standard InChI is InChI=1S/C45H28N4O2/c1-3-13-27(14-4-1)43-46-44(33-20-12-24-38-39(33)32-18-8-10-23-37(32)50-38)48-45(47-43)34-21-11-19-29-30-25-26-36-40(42(30)51-41(29)34)31-17-7-9-22-35(31)49(36)28-15-5-2-6-16-28/h1-26,30,42H. The first-order chi connectivity index (χ1) is 25.3. The van der Waals surface area contributed by atoms with E-state index in [0.29, 0.717) is 17.5 Å². The minimum atomic E-state index is -0.197. The smallest absolute Gasteiger partial charge is 0.167 e. The zero-order valence-electron chi connectivity index (χ0n) is 27.3. The minimum Gasteiger partial charge on any atom is -0.484 e. The van der Waals surface area contributed by atoms with Gasteiger partial charge in [0.05, 0.1) is 16.8 Å². The molecule has 240 valence electrons. The fourth-order valence-electron chi connectivity index (χ4n) is 8.02. The Kier molecular flexibility index (Phi) is 5.98. The van der Waals surface area contributed by atoms with Crippen LogP contribution in [0.2, 0.25) is 0 Å². The molecule has 4 heterocycles. The summed E-state index contributed by atoms with van der Waals surface area (Å²) in [6, 6.07) is 49.7. The Morgan fingerprint density at radius 3 is 2.08 bits per heavy atom. The largest absolute Gasteiger partial charge is 0.484 e. The first-order valence-electron chi connectivity index (χ1n) is 17.2. The van der Waals surface area contributed by atoms with E-state index in [1.165, 1.54) is 10.9 Å². The molecule has 0 N–H and O–H groups in total. The quantitative estimate of drug-likeness (QED) is 0.189. The normalized spacial score (nSPS) is 15.9. The second-order valence-corrected chi connectivity index (χ2v) is 13.1. The Bertz CT molecular complexity index is 2850. The van der Waals surface area contributed by atoms with Crippen molar-refractivity contribution < 1.29 is 9.15 Å². The van der Waals surface area contributed by atoms with Crippen molar-refractivity contribution in [2.75, 3.05) is 0 Å². The Hall–Kier alpha value is -6.79. The molecule has 3 aromatic heterocycles. The summed E-state index contributed by atoms with van der Waals surface area (Å²) in [7, 11) is 0. The highest BCUT2D eigenvalue weighted by Crippen LogP contribution is 2.55. The summed E-state index contributed by atoms with van der Waals surface area (Å²) in [5.74, 6) is 2.60. The molecule has 9 aromatic rings. The molecule has 0 amide bonds. The zero-order chi connectivity index (χ0) is 33.5. The van der Waals surface area contributed by atoms with E-state index >= 15 is 0 Å². The number of para-hydroxylation sites is 4. The summed E-state index contributed by atoms with van der Waals surface area (Å²) < 4.78 is 15.7. The highest BCUT2D eigenvalue weighted by molar-refractivity contribution is 6.11. The molecule has 0 saturated heterocycles. The number of furan rings is 1. The molecule has 0 radical (unpaired) electrons. The van der Waals surface area contributed by atoms with Gasteiger partial charge < -0.3 is 13.7 Å². The average Bonchev–Trinajstić information content (AvgIpc) is 3.88. The number of hydrogen-bond donors (Lipinski definition) is 0. The van der Waals surface area contributed by atoms with Crippen LogP contribution in [0.5, 0.6) is 5.75 Å². The zero-order valence-corrected chi connectivity index (χ0v) is 27.3. The van der Waals surface area contributed by atoms with Crippen molar-refractivity contribution in [3.63, 3.8) is 0 Å². The second kappa shape index (κ2) is 10.9. The maximum atomic E-state index is 7.11. The molecule has 2 atom stereocenters. The molecule has 6 heteroatoms. The molecule has 0 bridgehead atoms. The van der Waals surface area contributed by atoms with E-state index in [1.54, 1.807) is 0 Å². The van der Waals surface area contributed by atoms with Crippen LogP contribution < -0.4 is 4.74 Å². The number of hydrogen-bond acceptors (Lipinski definition) is 5. The van der Waals surface area contributed by atoms with E-state index in [0.717, 1.165) is 66.8 Å². The molecular formula is C45H28N4O2. The van der Waals surface area contributed by atoms with Crippen LogP contribution in [0.3, 0.4) is 0 Å². The van der Waals surface area contributed by atoms with Gasteiger partial charge in [-0.3, -0.25) is 0 Å². The van der Waals surface area contributed by atoms with Gasteiger partial charge in [-0.15, -0.1) is 0 Å². The van der Waals surface area contributed by atoms with E-state index in [1.807, 2.05) is 60.7 Å². The predicted molar refractivity (Wildman–Crippen MR) is 202 cm³/mol. The van der Waals surface area contributed by atoms with E-state index in [2.05, 4.69) is 102 Å². The molecule has 51 heavy (non-hydrogen) atoms. The third-order valence-corrected chi connectivity index (χ3v) is 10.2. The Balaban J connectivity index is 1.10. The first-order valence-corrected chi connectivity index (χ1v) is 17.2. The molecule has 11 rings (SSSR count). The molecule has 2 aliphatic rings. The number of benzene rings is 6. The van der Waals surface area contributed by atoms with Gasteiger partial charge in [0, 0.05) is 50.0 Å². The van der Waals surface area contributed by atoms with Crippen LogP contribution in [0.15, 0.2) is 156 Å². The summed E-state index contributed by atoms with van der Waals surface area (Å²) in [5.41, 5.74) is 10.0. The van der Waals surface area contributed by atoms with Crippen molar-refractivity contribution in [1.82, 2.24) is 19.5 Å². The minimum absolute atomic E-state index is 0.0448. The Morgan fingerprint density at radius 1 is 0.549 bits per heavy atom. The van der Waals surface area contributed by atoms with Gasteiger partial charge in [0.2, 0.25) is 0 Å². The van der Waals surface area contributed by atoms with Crippen LogP contribution in [0.25, 0.3) is 78.8 Å². The first kappa shape index (κ1) is 28.1. The lowest BCUT2D eigenvalue weighted by Crippen LogP contribution is -2.13. The van der Waals surface area contributed by atoms with Crippen molar-refractivity contribution in [3.8, 4) is 45.6 Å². The molecule has 1 aliphatic heterocycles. The fraction of sp³-hybridized carbons (Fsp3) is 0.0444. The van der Waals surface area contributed by atoms with Crippen LogP contribution >= 0.6 is 0 Å². The van der Waals surface area contributed by atoms with Gasteiger partial charge in [-0.05, 0) is 42.5 Å². The second-order valence-electron chi connectivity index (χ2n) is 13.1.